The first-order valence-corrected chi connectivity index (χ1v) is 8.18. The Bertz CT molecular complexity index is 574. The van der Waals surface area contributed by atoms with Gasteiger partial charge in [-0.2, -0.15) is 0 Å². The summed E-state index contributed by atoms with van der Waals surface area (Å²) in [6.45, 7) is 2.74. The van der Waals surface area contributed by atoms with Crippen LogP contribution in [0.2, 0.25) is 0 Å². The Hall–Kier alpha value is -1.88. The summed E-state index contributed by atoms with van der Waals surface area (Å²) in [4.78, 5) is 19.7. The molecule has 0 aliphatic carbocycles. The molecular weight excluding hydrogens is 282 g/mol. The van der Waals surface area contributed by atoms with Crippen LogP contribution < -0.4 is 10.2 Å². The van der Waals surface area contributed by atoms with Crippen molar-refractivity contribution in [3.8, 4) is 0 Å². The number of rotatable bonds is 5. The molecule has 5 heteroatoms. The number of carbonyl (C=O) groups excluding carboxylic acids is 1. The first kappa shape index (κ1) is 14.1. The molecule has 0 spiro atoms. The molecule has 1 aliphatic rings. The van der Waals surface area contributed by atoms with Gasteiger partial charge in [-0.15, -0.1) is 11.3 Å². The zero-order valence-electron chi connectivity index (χ0n) is 11.9. The summed E-state index contributed by atoms with van der Waals surface area (Å²) in [5.74, 6) is 1.10. The lowest BCUT2D eigenvalue weighted by atomic mass is 10.2. The van der Waals surface area contributed by atoms with Crippen molar-refractivity contribution in [2.45, 2.75) is 25.8 Å². The van der Waals surface area contributed by atoms with E-state index in [-0.39, 0.29) is 5.91 Å². The number of pyridine rings is 1. The molecule has 0 bridgehead atoms. The molecule has 0 atom stereocenters. The van der Waals surface area contributed by atoms with Gasteiger partial charge in [0.1, 0.15) is 5.82 Å². The highest BCUT2D eigenvalue weighted by molar-refractivity contribution is 7.10. The third kappa shape index (κ3) is 3.82. The monoisotopic (exact) mass is 301 g/mol. The predicted octanol–water partition coefficient (Wildman–Crippen LogP) is 2.60. The van der Waals surface area contributed by atoms with E-state index in [4.69, 9.17) is 0 Å². The number of amides is 1. The average molecular weight is 301 g/mol. The summed E-state index contributed by atoms with van der Waals surface area (Å²) in [6, 6.07) is 8.04. The van der Waals surface area contributed by atoms with Crippen LogP contribution in [0.1, 0.15) is 23.3 Å². The first-order valence-electron chi connectivity index (χ1n) is 7.30. The Balaban J connectivity index is 1.49. The summed E-state index contributed by atoms with van der Waals surface area (Å²) >= 11 is 1.61. The van der Waals surface area contributed by atoms with Crippen molar-refractivity contribution in [3.63, 3.8) is 0 Å². The zero-order valence-corrected chi connectivity index (χ0v) is 12.7. The van der Waals surface area contributed by atoms with Gasteiger partial charge in [0, 0.05) is 30.7 Å². The lowest BCUT2D eigenvalue weighted by Crippen LogP contribution is -2.24. The maximum Gasteiger partial charge on any atom is 0.225 e. The fourth-order valence-electron chi connectivity index (χ4n) is 2.49. The number of nitrogens with zero attached hydrogens (tertiary/aromatic N) is 2. The van der Waals surface area contributed by atoms with Gasteiger partial charge in [0.05, 0.1) is 6.42 Å². The van der Waals surface area contributed by atoms with E-state index < -0.39 is 0 Å². The lowest BCUT2D eigenvalue weighted by molar-refractivity contribution is -0.120. The molecule has 0 aromatic carbocycles. The lowest BCUT2D eigenvalue weighted by Gasteiger charge is -2.16. The van der Waals surface area contributed by atoms with Gasteiger partial charge in [-0.1, -0.05) is 12.1 Å². The number of aromatic nitrogens is 1. The first-order chi connectivity index (χ1) is 10.3. The highest BCUT2D eigenvalue weighted by Gasteiger charge is 2.13. The quantitative estimate of drug-likeness (QED) is 0.923. The molecule has 2 aromatic rings. The minimum absolute atomic E-state index is 0.0565. The molecule has 1 aliphatic heterocycles. The fraction of sp³-hybridized carbons (Fsp3) is 0.375. The third-order valence-electron chi connectivity index (χ3n) is 3.64. The molecule has 0 saturated carbocycles. The van der Waals surface area contributed by atoms with Crippen LogP contribution in [0.3, 0.4) is 0 Å². The average Bonchev–Trinajstić information content (AvgIpc) is 3.19. The summed E-state index contributed by atoms with van der Waals surface area (Å²) in [6.07, 6.45) is 4.82. The number of hydrogen-bond donors (Lipinski definition) is 1. The Kier molecular flexibility index (Phi) is 4.50. The third-order valence-corrected chi connectivity index (χ3v) is 4.52. The van der Waals surface area contributed by atoms with E-state index in [1.165, 1.54) is 12.8 Å². The van der Waals surface area contributed by atoms with Crippen LogP contribution in [0.5, 0.6) is 0 Å². The number of nitrogens with one attached hydrogen (secondary N) is 1. The van der Waals surface area contributed by atoms with E-state index >= 15 is 0 Å². The highest BCUT2D eigenvalue weighted by Crippen LogP contribution is 2.17. The molecule has 0 unspecified atom stereocenters. The topological polar surface area (TPSA) is 45.2 Å². The SMILES string of the molecule is O=C(Cc1cccs1)NCc1ccc(N2CCCC2)nc1. The standard InChI is InChI=1S/C16H19N3OS/c20-16(10-14-4-3-9-21-14)18-12-13-5-6-15(17-11-13)19-7-1-2-8-19/h3-6,9,11H,1-2,7-8,10,12H2,(H,18,20). The van der Waals surface area contributed by atoms with E-state index in [0.717, 1.165) is 29.3 Å². The second-order valence-corrected chi connectivity index (χ2v) is 6.28. The van der Waals surface area contributed by atoms with Gasteiger partial charge < -0.3 is 10.2 Å². The molecule has 3 heterocycles. The second kappa shape index (κ2) is 6.72. The van der Waals surface area contributed by atoms with E-state index in [9.17, 15) is 4.79 Å². The number of thiophene rings is 1. The maximum absolute atomic E-state index is 11.8. The Morgan fingerprint density at radius 1 is 1.29 bits per heavy atom. The predicted molar refractivity (Wildman–Crippen MR) is 85.6 cm³/mol. The van der Waals surface area contributed by atoms with Crippen molar-refractivity contribution in [3.05, 3.63) is 46.3 Å². The van der Waals surface area contributed by atoms with E-state index in [2.05, 4.69) is 15.2 Å². The largest absolute Gasteiger partial charge is 0.357 e. The highest BCUT2D eigenvalue weighted by atomic mass is 32.1. The van der Waals surface area contributed by atoms with Crippen molar-refractivity contribution in [2.75, 3.05) is 18.0 Å². The van der Waals surface area contributed by atoms with Crippen LogP contribution in [0, 0.1) is 0 Å². The smallest absolute Gasteiger partial charge is 0.225 e. The van der Waals surface area contributed by atoms with Gasteiger partial charge in [-0.05, 0) is 35.9 Å². The molecule has 1 N–H and O–H groups in total. The van der Waals surface area contributed by atoms with E-state index in [0.29, 0.717) is 13.0 Å². The number of hydrogen-bond acceptors (Lipinski definition) is 4. The van der Waals surface area contributed by atoms with Crippen molar-refractivity contribution in [1.29, 1.82) is 0 Å². The second-order valence-electron chi connectivity index (χ2n) is 5.25. The van der Waals surface area contributed by atoms with Crippen LogP contribution >= 0.6 is 11.3 Å². The van der Waals surface area contributed by atoms with Crippen molar-refractivity contribution in [2.24, 2.45) is 0 Å². The summed E-state index contributed by atoms with van der Waals surface area (Å²) in [7, 11) is 0. The van der Waals surface area contributed by atoms with Crippen LogP contribution in [0.4, 0.5) is 5.82 Å². The molecular formula is C16H19N3OS. The number of anilines is 1. The van der Waals surface area contributed by atoms with Gasteiger partial charge >= 0.3 is 0 Å². The molecule has 4 nitrogen and oxygen atoms in total. The van der Waals surface area contributed by atoms with Crippen molar-refractivity contribution >= 4 is 23.1 Å². The van der Waals surface area contributed by atoms with Crippen molar-refractivity contribution in [1.82, 2.24) is 10.3 Å². The van der Waals surface area contributed by atoms with Gasteiger partial charge in [0.15, 0.2) is 0 Å². The van der Waals surface area contributed by atoms with Crippen molar-refractivity contribution < 1.29 is 4.79 Å². The summed E-state index contributed by atoms with van der Waals surface area (Å²) in [5, 5.41) is 4.93. The maximum atomic E-state index is 11.8. The van der Waals surface area contributed by atoms with Crippen LogP contribution in [0.15, 0.2) is 35.8 Å². The van der Waals surface area contributed by atoms with Crippen LogP contribution in [-0.2, 0) is 17.8 Å². The molecule has 3 rings (SSSR count). The van der Waals surface area contributed by atoms with Crippen LogP contribution in [0.25, 0.3) is 0 Å². The van der Waals surface area contributed by atoms with Gasteiger partial charge in [0.25, 0.3) is 0 Å². The molecule has 110 valence electrons. The Morgan fingerprint density at radius 2 is 2.14 bits per heavy atom. The minimum Gasteiger partial charge on any atom is -0.357 e. The summed E-state index contributed by atoms with van der Waals surface area (Å²) in [5.41, 5.74) is 1.04. The normalized spacial score (nSPS) is 14.4. The molecule has 2 aromatic heterocycles. The van der Waals surface area contributed by atoms with Gasteiger partial charge in [-0.3, -0.25) is 4.79 Å². The fourth-order valence-corrected chi connectivity index (χ4v) is 3.19. The molecule has 1 saturated heterocycles. The van der Waals surface area contributed by atoms with Gasteiger partial charge in [-0.25, -0.2) is 4.98 Å². The molecule has 1 amide bonds. The van der Waals surface area contributed by atoms with Crippen LogP contribution in [-0.4, -0.2) is 24.0 Å². The van der Waals surface area contributed by atoms with E-state index in [1.54, 1.807) is 11.3 Å². The number of carbonyl (C=O) groups is 1. The molecule has 21 heavy (non-hydrogen) atoms. The van der Waals surface area contributed by atoms with E-state index in [1.807, 2.05) is 35.8 Å². The Labute approximate surface area is 128 Å². The minimum atomic E-state index is 0.0565. The summed E-state index contributed by atoms with van der Waals surface area (Å²) < 4.78 is 0. The molecule has 1 fully saturated rings. The molecule has 0 radical (unpaired) electrons. The Morgan fingerprint density at radius 3 is 2.81 bits per heavy atom. The zero-order chi connectivity index (χ0) is 14.5. The van der Waals surface area contributed by atoms with Gasteiger partial charge in [0.2, 0.25) is 5.91 Å².